The molecule has 6 nitrogen and oxygen atoms in total. The maximum atomic E-state index is 12.3. The van der Waals surface area contributed by atoms with Crippen molar-refractivity contribution < 1.29 is 19.4 Å². The Balaban J connectivity index is 1.69. The minimum atomic E-state index is -0.301. The zero-order valence-corrected chi connectivity index (χ0v) is 12.7. The van der Waals surface area contributed by atoms with Crippen molar-refractivity contribution in [3.8, 4) is 0 Å². The number of carbonyl (C=O) groups excluding carboxylic acids is 1. The van der Waals surface area contributed by atoms with Gasteiger partial charge in [-0.25, -0.2) is 0 Å². The van der Waals surface area contributed by atoms with Crippen molar-refractivity contribution in [2.45, 2.75) is 38.0 Å². The molecule has 1 atom stereocenters. The Morgan fingerprint density at radius 3 is 2.65 bits per heavy atom. The van der Waals surface area contributed by atoms with E-state index in [2.05, 4.69) is 10.3 Å². The van der Waals surface area contributed by atoms with Crippen LogP contribution < -0.4 is 5.32 Å². The van der Waals surface area contributed by atoms with Gasteiger partial charge in [-0.2, -0.15) is 0 Å². The Hall–Kier alpha value is -2.18. The third kappa shape index (κ3) is 3.78. The number of amides is 1. The zero-order chi connectivity index (χ0) is 16.2. The van der Waals surface area contributed by atoms with Crippen LogP contribution in [0.4, 0.5) is 0 Å². The number of carbonyl (C=O) groups is 1. The molecule has 122 valence electrons. The Kier molecular flexibility index (Phi) is 4.73. The summed E-state index contributed by atoms with van der Waals surface area (Å²) in [6.07, 6.45) is 5.24. The van der Waals surface area contributed by atoms with Crippen LogP contribution in [0.2, 0.25) is 0 Å². The highest BCUT2D eigenvalue weighted by Gasteiger charge is 2.35. The summed E-state index contributed by atoms with van der Waals surface area (Å²) >= 11 is 0. The predicted molar refractivity (Wildman–Crippen MR) is 82.6 cm³/mol. The molecule has 1 aliphatic rings. The summed E-state index contributed by atoms with van der Waals surface area (Å²) in [4.78, 5) is 16.3. The second-order valence-electron chi connectivity index (χ2n) is 5.95. The molecule has 0 aromatic carbocycles. The number of hydrogen-bond donors (Lipinski definition) is 3. The third-order valence-corrected chi connectivity index (χ3v) is 4.28. The fraction of sp³-hybridized carbons (Fsp3) is 0.412. The molecule has 3 rings (SSSR count). The van der Waals surface area contributed by atoms with Gasteiger partial charge in [0.15, 0.2) is 5.76 Å². The highest BCUT2D eigenvalue weighted by atomic mass is 16.4. The van der Waals surface area contributed by atoms with Gasteiger partial charge in [0.25, 0.3) is 5.91 Å². The van der Waals surface area contributed by atoms with Crippen LogP contribution in [0.15, 0.2) is 41.1 Å². The smallest absolute Gasteiger partial charge is 0.287 e. The number of pyridine rings is 1. The van der Waals surface area contributed by atoms with E-state index in [0.29, 0.717) is 25.0 Å². The van der Waals surface area contributed by atoms with Crippen LogP contribution in [0.5, 0.6) is 0 Å². The highest BCUT2D eigenvalue weighted by molar-refractivity contribution is 5.91. The van der Waals surface area contributed by atoms with E-state index in [1.807, 2.05) is 12.1 Å². The molecule has 6 heteroatoms. The van der Waals surface area contributed by atoms with Gasteiger partial charge in [-0.15, -0.1) is 0 Å². The molecule has 0 saturated heterocycles. The lowest BCUT2D eigenvalue weighted by molar-refractivity contribution is 0.0236. The molecule has 3 N–H and O–H groups in total. The van der Waals surface area contributed by atoms with E-state index >= 15 is 0 Å². The SMILES string of the molecule is O=C(N[C@H](Cc1ccncc1)C1CC(O)C1)c1ccc(CO)o1. The molecule has 23 heavy (non-hydrogen) atoms. The molecule has 0 bridgehead atoms. The molecule has 1 amide bonds. The lowest BCUT2D eigenvalue weighted by Crippen LogP contribution is -2.48. The van der Waals surface area contributed by atoms with E-state index in [1.165, 1.54) is 0 Å². The van der Waals surface area contributed by atoms with Crippen LogP contribution in [0.3, 0.4) is 0 Å². The number of aliphatic hydroxyl groups is 2. The third-order valence-electron chi connectivity index (χ3n) is 4.28. The number of furan rings is 1. The van der Waals surface area contributed by atoms with Gasteiger partial charge >= 0.3 is 0 Å². The quantitative estimate of drug-likeness (QED) is 0.746. The molecule has 1 aliphatic carbocycles. The maximum absolute atomic E-state index is 12.3. The van der Waals surface area contributed by atoms with E-state index < -0.39 is 0 Å². The molecular formula is C17H20N2O4. The fourth-order valence-electron chi connectivity index (χ4n) is 2.89. The lowest BCUT2D eigenvalue weighted by Gasteiger charge is -2.38. The van der Waals surface area contributed by atoms with E-state index in [9.17, 15) is 9.90 Å². The van der Waals surface area contributed by atoms with Crippen LogP contribution in [0.1, 0.15) is 34.7 Å². The lowest BCUT2D eigenvalue weighted by atomic mass is 9.75. The minimum absolute atomic E-state index is 0.0732. The van der Waals surface area contributed by atoms with Gasteiger partial charge in [-0.3, -0.25) is 9.78 Å². The molecule has 0 unspecified atom stereocenters. The predicted octanol–water partition coefficient (Wildman–Crippen LogP) is 1.28. The van der Waals surface area contributed by atoms with Crippen molar-refractivity contribution in [2.75, 3.05) is 0 Å². The summed E-state index contributed by atoms with van der Waals surface area (Å²) in [6, 6.07) is 6.91. The fourth-order valence-corrected chi connectivity index (χ4v) is 2.89. The van der Waals surface area contributed by atoms with Gasteiger partial charge in [0.05, 0.1) is 6.10 Å². The van der Waals surface area contributed by atoms with Gasteiger partial charge in [-0.05, 0) is 55.0 Å². The van der Waals surface area contributed by atoms with E-state index in [4.69, 9.17) is 9.52 Å². The number of nitrogens with one attached hydrogen (secondary N) is 1. The van der Waals surface area contributed by atoms with Crippen LogP contribution in [0.25, 0.3) is 0 Å². The van der Waals surface area contributed by atoms with Crippen LogP contribution in [-0.2, 0) is 13.0 Å². The molecule has 0 aliphatic heterocycles. The van der Waals surface area contributed by atoms with Gasteiger partial charge in [0.1, 0.15) is 12.4 Å². The molecule has 0 radical (unpaired) electrons. The normalized spacial score (nSPS) is 21.5. The van der Waals surface area contributed by atoms with E-state index in [0.717, 1.165) is 5.56 Å². The molecule has 1 fully saturated rings. The number of aliphatic hydroxyl groups excluding tert-OH is 2. The van der Waals surface area contributed by atoms with Gasteiger partial charge < -0.3 is 19.9 Å². The average molecular weight is 316 g/mol. The molecule has 2 aromatic rings. The molecule has 1 saturated carbocycles. The summed E-state index contributed by atoms with van der Waals surface area (Å²) in [6.45, 7) is -0.234. The first-order chi connectivity index (χ1) is 11.2. The first-order valence-corrected chi connectivity index (χ1v) is 7.73. The highest BCUT2D eigenvalue weighted by Crippen LogP contribution is 2.32. The Labute approximate surface area is 134 Å². The maximum Gasteiger partial charge on any atom is 0.287 e. The standard InChI is InChI=1S/C17H20N2O4/c20-10-14-1-2-16(23-14)17(22)19-15(12-8-13(21)9-12)7-11-3-5-18-6-4-11/h1-6,12-13,15,20-21H,7-10H2,(H,19,22)/t12?,13?,15-/m1/s1. The first-order valence-electron chi connectivity index (χ1n) is 7.73. The second-order valence-corrected chi connectivity index (χ2v) is 5.95. The van der Waals surface area contributed by atoms with Crippen molar-refractivity contribution in [2.24, 2.45) is 5.92 Å². The van der Waals surface area contributed by atoms with E-state index in [1.54, 1.807) is 24.5 Å². The second kappa shape index (κ2) is 6.93. The van der Waals surface area contributed by atoms with Crippen molar-refractivity contribution in [1.82, 2.24) is 10.3 Å². The average Bonchev–Trinajstić information content (AvgIpc) is 3.01. The summed E-state index contributed by atoms with van der Waals surface area (Å²) in [5.41, 5.74) is 1.09. The first kappa shape index (κ1) is 15.7. The van der Waals surface area contributed by atoms with Gasteiger partial charge in [0.2, 0.25) is 0 Å². The van der Waals surface area contributed by atoms with Crippen molar-refractivity contribution in [3.05, 3.63) is 53.7 Å². The molecular weight excluding hydrogens is 296 g/mol. The molecule has 0 spiro atoms. The number of nitrogens with zero attached hydrogens (tertiary/aromatic N) is 1. The van der Waals surface area contributed by atoms with E-state index in [-0.39, 0.29) is 36.3 Å². The van der Waals surface area contributed by atoms with Crippen LogP contribution in [0, 0.1) is 5.92 Å². The summed E-state index contributed by atoms with van der Waals surface area (Å²) in [7, 11) is 0. The largest absolute Gasteiger partial charge is 0.453 e. The molecule has 2 heterocycles. The van der Waals surface area contributed by atoms with Crippen LogP contribution >= 0.6 is 0 Å². The van der Waals surface area contributed by atoms with Crippen molar-refractivity contribution >= 4 is 5.91 Å². The Bertz CT molecular complexity index is 650. The van der Waals surface area contributed by atoms with Crippen molar-refractivity contribution in [1.29, 1.82) is 0 Å². The summed E-state index contributed by atoms with van der Waals surface area (Å²) in [5.74, 6) is 0.494. The topological polar surface area (TPSA) is 95.6 Å². The number of hydrogen-bond acceptors (Lipinski definition) is 5. The van der Waals surface area contributed by atoms with Gasteiger partial charge in [-0.1, -0.05) is 0 Å². The number of aromatic nitrogens is 1. The van der Waals surface area contributed by atoms with Crippen LogP contribution in [-0.4, -0.2) is 33.3 Å². The van der Waals surface area contributed by atoms with Crippen molar-refractivity contribution in [3.63, 3.8) is 0 Å². The Morgan fingerprint density at radius 1 is 1.30 bits per heavy atom. The summed E-state index contributed by atoms with van der Waals surface area (Å²) < 4.78 is 5.28. The monoisotopic (exact) mass is 316 g/mol. The Morgan fingerprint density at radius 2 is 2.04 bits per heavy atom. The molecule has 2 aromatic heterocycles. The zero-order valence-electron chi connectivity index (χ0n) is 12.7. The minimum Gasteiger partial charge on any atom is -0.453 e. The number of rotatable bonds is 6. The summed E-state index contributed by atoms with van der Waals surface area (Å²) in [5, 5.41) is 21.6. The van der Waals surface area contributed by atoms with Gasteiger partial charge in [0, 0.05) is 18.4 Å².